The van der Waals surface area contributed by atoms with E-state index in [1.807, 2.05) is 12.1 Å². The number of aliphatic carboxylic acids is 1. The van der Waals surface area contributed by atoms with E-state index in [4.69, 9.17) is 11.5 Å². The maximum Gasteiger partial charge on any atom is 0.326 e. The molecule has 0 saturated carbocycles. The summed E-state index contributed by atoms with van der Waals surface area (Å²) in [7, 11) is 0. The summed E-state index contributed by atoms with van der Waals surface area (Å²) in [6.45, 7) is 2.60. The van der Waals surface area contributed by atoms with Crippen molar-refractivity contribution in [2.24, 2.45) is 11.5 Å². The number of para-hydroxylation sites is 1. The zero-order chi connectivity index (χ0) is 26.3. The van der Waals surface area contributed by atoms with Crippen LogP contribution >= 0.6 is 0 Å². The van der Waals surface area contributed by atoms with E-state index < -0.39 is 66.3 Å². The molecule has 0 aliphatic rings. The highest BCUT2D eigenvalue weighted by Gasteiger charge is 2.33. The maximum absolute atomic E-state index is 12.9. The van der Waals surface area contributed by atoms with Crippen LogP contribution in [0.3, 0.4) is 0 Å². The molecule has 0 saturated heterocycles. The van der Waals surface area contributed by atoms with E-state index in [1.165, 1.54) is 13.8 Å². The second-order valence-electron chi connectivity index (χ2n) is 8.21. The molecule has 1 aromatic carbocycles. The number of H-pyrrole nitrogens is 1. The number of carboxylic acids is 1. The van der Waals surface area contributed by atoms with Gasteiger partial charge in [0, 0.05) is 23.5 Å². The van der Waals surface area contributed by atoms with Crippen molar-refractivity contribution >= 4 is 40.5 Å². The summed E-state index contributed by atoms with van der Waals surface area (Å²) in [5.74, 6) is -4.97. The highest BCUT2D eigenvalue weighted by atomic mass is 16.4. The van der Waals surface area contributed by atoms with Gasteiger partial charge in [-0.1, -0.05) is 18.2 Å². The van der Waals surface area contributed by atoms with Crippen molar-refractivity contribution < 1.29 is 34.2 Å². The van der Waals surface area contributed by atoms with Crippen LogP contribution in [0.15, 0.2) is 30.5 Å². The molecule has 2 aromatic rings. The number of hydrogen-bond donors (Lipinski definition) is 8. The first-order valence-corrected chi connectivity index (χ1v) is 10.8. The highest BCUT2D eigenvalue weighted by molar-refractivity contribution is 5.96. The molecule has 5 unspecified atom stereocenters. The van der Waals surface area contributed by atoms with Crippen LogP contribution in [0.2, 0.25) is 0 Å². The third-order valence-corrected chi connectivity index (χ3v) is 5.23. The number of carboxylic acid groups (broad SMARTS) is 1. The fraction of sp³-hybridized carbons (Fsp3) is 0.409. The molecule has 0 spiro atoms. The number of aliphatic hydroxyl groups excluding tert-OH is 1. The molecule has 35 heavy (non-hydrogen) atoms. The number of fused-ring (bicyclic) bond motifs is 1. The van der Waals surface area contributed by atoms with Crippen molar-refractivity contribution in [2.75, 3.05) is 0 Å². The van der Waals surface area contributed by atoms with E-state index in [1.54, 1.807) is 18.3 Å². The zero-order valence-corrected chi connectivity index (χ0v) is 19.3. The molecule has 0 aliphatic carbocycles. The standard InChI is InChI=1S/C22H30N6O7/c1-10(23)19(31)28-18(11(2)29)21(33)26-15(8-17(24)30)20(32)27-16(22(34)35)7-12-9-25-14-6-4-3-5-13(12)14/h3-6,9-11,15-16,18,25,29H,7-8,23H2,1-2H3,(H2,24,30)(H,26,33)(H,27,32)(H,28,31)(H,34,35). The van der Waals surface area contributed by atoms with E-state index in [-0.39, 0.29) is 6.42 Å². The average molecular weight is 491 g/mol. The maximum atomic E-state index is 12.9. The van der Waals surface area contributed by atoms with E-state index >= 15 is 0 Å². The average Bonchev–Trinajstić information content (AvgIpc) is 3.18. The Morgan fingerprint density at radius 1 is 0.971 bits per heavy atom. The van der Waals surface area contributed by atoms with Crippen molar-refractivity contribution in [3.63, 3.8) is 0 Å². The van der Waals surface area contributed by atoms with Crippen molar-refractivity contribution in [1.82, 2.24) is 20.9 Å². The molecule has 0 aliphatic heterocycles. The molecule has 0 fully saturated rings. The molecule has 2 rings (SSSR count). The Balaban J connectivity index is 2.18. The number of aromatic amines is 1. The number of nitrogens with two attached hydrogens (primary N) is 2. The summed E-state index contributed by atoms with van der Waals surface area (Å²) in [6.07, 6.45) is -0.471. The molecular weight excluding hydrogens is 460 g/mol. The first-order valence-electron chi connectivity index (χ1n) is 10.8. The number of rotatable bonds is 12. The van der Waals surface area contributed by atoms with Gasteiger partial charge in [0.25, 0.3) is 0 Å². The molecule has 13 heteroatoms. The lowest BCUT2D eigenvalue weighted by Gasteiger charge is -2.25. The fourth-order valence-electron chi connectivity index (χ4n) is 3.35. The predicted molar refractivity (Wildman–Crippen MR) is 125 cm³/mol. The van der Waals surface area contributed by atoms with Gasteiger partial charge in [0.2, 0.25) is 23.6 Å². The minimum atomic E-state index is -1.56. The molecule has 0 radical (unpaired) electrons. The van der Waals surface area contributed by atoms with Crippen LogP contribution in [0.1, 0.15) is 25.8 Å². The van der Waals surface area contributed by atoms with E-state index in [0.29, 0.717) is 5.56 Å². The number of hydrogen-bond acceptors (Lipinski definition) is 7. The molecule has 4 amide bonds. The third kappa shape index (κ3) is 7.52. The number of benzene rings is 1. The Hall–Kier alpha value is -3.97. The smallest absolute Gasteiger partial charge is 0.326 e. The van der Waals surface area contributed by atoms with Gasteiger partial charge >= 0.3 is 5.97 Å². The van der Waals surface area contributed by atoms with Crippen molar-refractivity contribution in [3.05, 3.63) is 36.0 Å². The van der Waals surface area contributed by atoms with E-state index in [0.717, 1.165) is 10.9 Å². The Labute approximate surface area is 200 Å². The topological polar surface area (TPSA) is 230 Å². The quantitative estimate of drug-likeness (QED) is 0.163. The molecule has 13 nitrogen and oxygen atoms in total. The molecule has 1 aromatic heterocycles. The summed E-state index contributed by atoms with van der Waals surface area (Å²) in [5.41, 5.74) is 12.1. The predicted octanol–water partition coefficient (Wildman–Crippen LogP) is -2.15. The van der Waals surface area contributed by atoms with Crippen LogP contribution in [0.5, 0.6) is 0 Å². The van der Waals surface area contributed by atoms with Gasteiger partial charge in [-0.25, -0.2) is 4.79 Å². The van der Waals surface area contributed by atoms with Gasteiger partial charge in [-0.15, -0.1) is 0 Å². The van der Waals surface area contributed by atoms with Crippen LogP contribution in [0, 0.1) is 0 Å². The number of nitrogens with one attached hydrogen (secondary N) is 4. The van der Waals surface area contributed by atoms with Crippen molar-refractivity contribution in [3.8, 4) is 0 Å². The molecule has 190 valence electrons. The Bertz CT molecular complexity index is 1100. The van der Waals surface area contributed by atoms with E-state index in [2.05, 4.69) is 20.9 Å². The summed E-state index contributed by atoms with van der Waals surface area (Å²) < 4.78 is 0. The van der Waals surface area contributed by atoms with Gasteiger partial charge in [0.15, 0.2) is 0 Å². The van der Waals surface area contributed by atoms with Gasteiger partial charge in [-0.3, -0.25) is 19.2 Å². The van der Waals surface area contributed by atoms with Gasteiger partial charge in [-0.05, 0) is 25.5 Å². The molecule has 0 bridgehead atoms. The lowest BCUT2D eigenvalue weighted by molar-refractivity contribution is -0.142. The van der Waals surface area contributed by atoms with Gasteiger partial charge < -0.3 is 42.6 Å². The van der Waals surface area contributed by atoms with E-state index in [9.17, 15) is 34.2 Å². The Morgan fingerprint density at radius 3 is 2.17 bits per heavy atom. The number of aliphatic hydroxyl groups is 1. The lowest BCUT2D eigenvalue weighted by atomic mass is 10.0. The van der Waals surface area contributed by atoms with Crippen LogP contribution in [-0.4, -0.2) is 75.1 Å². The van der Waals surface area contributed by atoms with Crippen LogP contribution in [-0.2, 0) is 30.4 Å². The number of aromatic nitrogens is 1. The Morgan fingerprint density at radius 2 is 1.60 bits per heavy atom. The number of carbonyl (C=O) groups is 5. The van der Waals surface area contributed by atoms with Crippen LogP contribution in [0.25, 0.3) is 10.9 Å². The van der Waals surface area contributed by atoms with Gasteiger partial charge in [0.1, 0.15) is 18.1 Å². The largest absolute Gasteiger partial charge is 0.480 e. The summed E-state index contributed by atoms with van der Waals surface area (Å²) >= 11 is 0. The SMILES string of the molecule is CC(N)C(=O)NC(C(=O)NC(CC(N)=O)C(=O)NC(Cc1c[nH]c2ccccc12)C(=O)O)C(C)O. The minimum Gasteiger partial charge on any atom is -0.480 e. The fourth-order valence-corrected chi connectivity index (χ4v) is 3.35. The number of carbonyl (C=O) groups excluding carboxylic acids is 4. The minimum absolute atomic E-state index is 0.0803. The monoisotopic (exact) mass is 490 g/mol. The third-order valence-electron chi connectivity index (χ3n) is 5.23. The number of primary amides is 1. The first-order chi connectivity index (χ1) is 16.4. The first kappa shape index (κ1) is 27.3. The van der Waals surface area contributed by atoms with Crippen molar-refractivity contribution in [2.45, 2.75) is 57.0 Å². The Kier molecular flexibility index (Phi) is 9.31. The summed E-state index contributed by atoms with van der Waals surface area (Å²) in [5, 5.41) is 27.1. The normalized spacial score (nSPS) is 15.3. The molecular formula is C22H30N6O7. The highest BCUT2D eigenvalue weighted by Crippen LogP contribution is 2.19. The lowest BCUT2D eigenvalue weighted by Crippen LogP contribution is -2.60. The number of amides is 4. The van der Waals surface area contributed by atoms with Crippen molar-refractivity contribution in [1.29, 1.82) is 0 Å². The molecule has 5 atom stereocenters. The summed E-state index contributed by atoms with van der Waals surface area (Å²) in [4.78, 5) is 63.8. The van der Waals surface area contributed by atoms with Crippen LogP contribution in [0.4, 0.5) is 0 Å². The molecule has 10 N–H and O–H groups in total. The van der Waals surface area contributed by atoms with Gasteiger partial charge in [0.05, 0.1) is 18.6 Å². The molecule has 1 heterocycles. The second-order valence-corrected chi connectivity index (χ2v) is 8.21. The second kappa shape index (κ2) is 11.9. The van der Waals surface area contributed by atoms with Crippen LogP contribution < -0.4 is 27.4 Å². The van der Waals surface area contributed by atoms with Gasteiger partial charge in [-0.2, -0.15) is 0 Å². The summed E-state index contributed by atoms with van der Waals surface area (Å²) in [6, 6.07) is 1.80. The zero-order valence-electron chi connectivity index (χ0n) is 19.3.